The predicted molar refractivity (Wildman–Crippen MR) is 117 cm³/mol. The fourth-order valence-corrected chi connectivity index (χ4v) is 3.17. The molecule has 0 saturated heterocycles. The van der Waals surface area contributed by atoms with Crippen molar-refractivity contribution < 1.29 is 9.47 Å². The minimum Gasteiger partial charge on any atom is -0.493 e. The van der Waals surface area contributed by atoms with Crippen molar-refractivity contribution in [3.8, 4) is 5.75 Å². The molecule has 1 aromatic rings. The van der Waals surface area contributed by atoms with Gasteiger partial charge in [-0.1, -0.05) is 23.8 Å². The van der Waals surface area contributed by atoms with Crippen LogP contribution in [0.2, 0.25) is 0 Å². The zero-order chi connectivity index (χ0) is 17.3. The maximum Gasteiger partial charge on any atom is 0.191 e. The van der Waals surface area contributed by atoms with E-state index in [1.54, 1.807) is 0 Å². The molecule has 144 valence electrons. The number of hydrogen-bond donors (Lipinski definition) is 2. The van der Waals surface area contributed by atoms with Crippen molar-refractivity contribution in [2.24, 2.45) is 4.99 Å². The van der Waals surface area contributed by atoms with E-state index in [1.165, 1.54) is 16.7 Å². The van der Waals surface area contributed by atoms with E-state index in [0.717, 1.165) is 76.8 Å². The molecular weight excluding hydrogens is 441 g/mol. The first-order valence-electron chi connectivity index (χ1n) is 9.37. The molecule has 0 aliphatic carbocycles. The number of guanidine groups is 1. The van der Waals surface area contributed by atoms with Crippen LogP contribution >= 0.6 is 24.0 Å². The summed E-state index contributed by atoms with van der Waals surface area (Å²) in [5, 5.41) is 6.76. The Morgan fingerprint density at radius 1 is 1.15 bits per heavy atom. The quantitative estimate of drug-likeness (QED) is 0.278. The normalized spacial score (nSPS) is 16.2. The average molecular weight is 471 g/mol. The Hall–Kier alpha value is -1.28. The molecule has 2 aliphatic heterocycles. The molecule has 6 heteroatoms. The summed E-state index contributed by atoms with van der Waals surface area (Å²) in [6, 6.07) is 6.53. The van der Waals surface area contributed by atoms with Crippen LogP contribution in [0, 0.1) is 0 Å². The fourth-order valence-electron chi connectivity index (χ4n) is 3.17. The molecule has 0 unspecified atom stereocenters. The van der Waals surface area contributed by atoms with Crippen molar-refractivity contribution in [1.29, 1.82) is 0 Å². The van der Waals surface area contributed by atoms with Gasteiger partial charge in [-0.15, -0.1) is 24.0 Å². The number of benzene rings is 1. The van der Waals surface area contributed by atoms with Crippen molar-refractivity contribution in [3.63, 3.8) is 0 Å². The molecule has 0 radical (unpaired) electrons. The van der Waals surface area contributed by atoms with E-state index in [-0.39, 0.29) is 24.0 Å². The van der Waals surface area contributed by atoms with Gasteiger partial charge >= 0.3 is 0 Å². The van der Waals surface area contributed by atoms with E-state index in [1.807, 2.05) is 0 Å². The Balaban J connectivity index is 0.00000243. The van der Waals surface area contributed by atoms with Gasteiger partial charge < -0.3 is 20.1 Å². The van der Waals surface area contributed by atoms with E-state index in [9.17, 15) is 0 Å². The zero-order valence-corrected chi connectivity index (χ0v) is 17.9. The second-order valence-electron chi connectivity index (χ2n) is 6.42. The molecule has 3 rings (SSSR count). The van der Waals surface area contributed by atoms with E-state index < -0.39 is 0 Å². The summed E-state index contributed by atoms with van der Waals surface area (Å²) in [5.41, 5.74) is 4.15. The van der Waals surface area contributed by atoms with Crippen molar-refractivity contribution in [3.05, 3.63) is 41.0 Å². The van der Waals surface area contributed by atoms with Gasteiger partial charge in [0.05, 0.1) is 19.8 Å². The van der Waals surface area contributed by atoms with Gasteiger partial charge in [-0.25, -0.2) is 0 Å². The maximum atomic E-state index is 5.57. The smallest absolute Gasteiger partial charge is 0.191 e. The first-order chi connectivity index (χ1) is 12.3. The molecule has 0 saturated carbocycles. The summed E-state index contributed by atoms with van der Waals surface area (Å²) in [6.45, 7) is 7.08. The number of nitrogens with zero attached hydrogens (tertiary/aromatic N) is 1. The van der Waals surface area contributed by atoms with Crippen LogP contribution in [0.15, 0.2) is 34.8 Å². The van der Waals surface area contributed by atoms with Crippen LogP contribution in [0.5, 0.6) is 5.75 Å². The number of halogens is 1. The van der Waals surface area contributed by atoms with Gasteiger partial charge in [0.25, 0.3) is 0 Å². The molecule has 0 fully saturated rings. The molecule has 0 amide bonds. The van der Waals surface area contributed by atoms with E-state index in [4.69, 9.17) is 9.47 Å². The lowest BCUT2D eigenvalue weighted by Gasteiger charge is -2.14. The first-order valence-corrected chi connectivity index (χ1v) is 9.37. The van der Waals surface area contributed by atoms with Gasteiger partial charge in [-0.05, 0) is 43.4 Å². The molecule has 1 aromatic carbocycles. The number of ether oxygens (including phenoxy) is 2. The number of nitrogens with one attached hydrogen (secondary N) is 2. The lowest BCUT2D eigenvalue weighted by atomic mass is 10.1. The number of hydrogen-bond acceptors (Lipinski definition) is 3. The molecule has 0 aromatic heterocycles. The van der Waals surface area contributed by atoms with Gasteiger partial charge in [0.2, 0.25) is 0 Å². The van der Waals surface area contributed by atoms with Crippen molar-refractivity contribution in [2.75, 3.05) is 39.5 Å². The minimum absolute atomic E-state index is 0. The molecule has 5 nitrogen and oxygen atoms in total. The van der Waals surface area contributed by atoms with Crippen LogP contribution in [0.1, 0.15) is 30.9 Å². The Kier molecular flexibility index (Phi) is 9.25. The first kappa shape index (κ1) is 21.0. The third-order valence-electron chi connectivity index (χ3n) is 4.56. The summed E-state index contributed by atoms with van der Waals surface area (Å²) >= 11 is 0. The molecule has 0 bridgehead atoms. The highest BCUT2D eigenvalue weighted by Crippen LogP contribution is 2.25. The molecule has 2 heterocycles. The van der Waals surface area contributed by atoms with E-state index >= 15 is 0 Å². The second-order valence-corrected chi connectivity index (χ2v) is 6.42. The summed E-state index contributed by atoms with van der Waals surface area (Å²) in [7, 11) is 0. The molecular formula is C20H30IN3O2. The maximum absolute atomic E-state index is 5.57. The highest BCUT2D eigenvalue weighted by molar-refractivity contribution is 14.0. The highest BCUT2D eigenvalue weighted by atomic mass is 127. The number of rotatable bonds is 7. The fraction of sp³-hybridized carbons (Fsp3) is 0.550. The van der Waals surface area contributed by atoms with Crippen LogP contribution in [0.4, 0.5) is 0 Å². The largest absolute Gasteiger partial charge is 0.493 e. The molecule has 26 heavy (non-hydrogen) atoms. The summed E-state index contributed by atoms with van der Waals surface area (Å²) in [5.74, 6) is 1.95. The SMILES string of the molecule is CCNC(=NCCC1=CCOCC1)NCCc1ccc2c(c1)CCO2.I. The Bertz CT molecular complexity index is 631. The Morgan fingerprint density at radius 3 is 2.88 bits per heavy atom. The monoisotopic (exact) mass is 471 g/mol. The Morgan fingerprint density at radius 2 is 2.08 bits per heavy atom. The van der Waals surface area contributed by atoms with Crippen LogP contribution in [0.3, 0.4) is 0 Å². The third-order valence-corrected chi connectivity index (χ3v) is 4.56. The minimum atomic E-state index is 0. The lowest BCUT2D eigenvalue weighted by molar-refractivity contribution is 0.153. The van der Waals surface area contributed by atoms with Crippen LogP contribution in [0.25, 0.3) is 0 Å². The van der Waals surface area contributed by atoms with Crippen molar-refractivity contribution in [1.82, 2.24) is 10.6 Å². The van der Waals surface area contributed by atoms with Crippen LogP contribution < -0.4 is 15.4 Å². The lowest BCUT2D eigenvalue weighted by Crippen LogP contribution is -2.38. The van der Waals surface area contributed by atoms with Gasteiger partial charge in [0, 0.05) is 26.1 Å². The van der Waals surface area contributed by atoms with Crippen molar-refractivity contribution >= 4 is 29.9 Å². The van der Waals surface area contributed by atoms with E-state index in [0.29, 0.717) is 0 Å². The van der Waals surface area contributed by atoms with Crippen molar-refractivity contribution in [2.45, 2.75) is 32.6 Å². The van der Waals surface area contributed by atoms with Gasteiger partial charge in [0.15, 0.2) is 5.96 Å². The zero-order valence-electron chi connectivity index (χ0n) is 15.6. The van der Waals surface area contributed by atoms with Crippen LogP contribution in [-0.2, 0) is 17.6 Å². The molecule has 0 spiro atoms. The predicted octanol–water partition coefficient (Wildman–Crippen LogP) is 3.07. The molecule has 2 N–H and O–H groups in total. The van der Waals surface area contributed by atoms with Gasteiger partial charge in [-0.2, -0.15) is 0 Å². The summed E-state index contributed by atoms with van der Waals surface area (Å²) in [6.07, 6.45) is 6.27. The Labute approximate surface area is 173 Å². The third kappa shape index (κ3) is 6.46. The van der Waals surface area contributed by atoms with Crippen LogP contribution in [-0.4, -0.2) is 45.4 Å². The number of aliphatic imine (C=N–C) groups is 1. The molecule has 0 atom stereocenters. The number of fused-ring (bicyclic) bond motifs is 1. The van der Waals surface area contributed by atoms with Gasteiger partial charge in [0.1, 0.15) is 5.75 Å². The average Bonchev–Trinajstić information content (AvgIpc) is 3.10. The van der Waals surface area contributed by atoms with E-state index in [2.05, 4.69) is 46.8 Å². The second kappa shape index (κ2) is 11.4. The molecule has 2 aliphatic rings. The summed E-state index contributed by atoms with van der Waals surface area (Å²) in [4.78, 5) is 4.69. The van der Waals surface area contributed by atoms with Gasteiger partial charge in [-0.3, -0.25) is 4.99 Å². The summed E-state index contributed by atoms with van der Waals surface area (Å²) < 4.78 is 10.9. The topological polar surface area (TPSA) is 54.9 Å². The highest BCUT2D eigenvalue weighted by Gasteiger charge is 2.11. The standard InChI is InChI=1S/C20H29N3O2.HI/c1-2-21-20(22-10-5-16-7-12-24-13-8-16)23-11-6-17-3-4-19-18(15-17)9-14-25-19;/h3-4,7,15H,2,5-6,8-14H2,1H3,(H2,21,22,23);1H.